The molecule has 4 amide bonds. The zero-order valence-corrected chi connectivity index (χ0v) is 41.3. The molecule has 3 saturated heterocycles. The van der Waals surface area contributed by atoms with E-state index in [4.69, 9.17) is 8.92 Å². The van der Waals surface area contributed by atoms with E-state index >= 15 is 0 Å². The van der Waals surface area contributed by atoms with Gasteiger partial charge in [-0.25, -0.2) is 26.4 Å². The molecule has 3 aliphatic rings. The number of nitrogens with one attached hydrogen (secondary N) is 4. The Hall–Kier alpha value is -5.71. The summed E-state index contributed by atoms with van der Waals surface area (Å²) in [4.78, 5) is 27.1. The van der Waals surface area contributed by atoms with Crippen molar-refractivity contribution in [3.63, 3.8) is 0 Å². The first-order valence-electron chi connectivity index (χ1n) is 22.8. The van der Waals surface area contributed by atoms with Gasteiger partial charge in [-0.1, -0.05) is 53.1 Å². The summed E-state index contributed by atoms with van der Waals surface area (Å²) in [5, 5.41) is 10.9. The number of ether oxygens (including phenoxy) is 1. The summed E-state index contributed by atoms with van der Waals surface area (Å²) in [5.41, 5.74) is 5.37. The molecule has 0 saturated carbocycles. The Morgan fingerprint density at radius 3 is 1.28 bits per heavy atom. The van der Waals surface area contributed by atoms with Gasteiger partial charge in [-0.3, -0.25) is 9.08 Å². The maximum absolute atomic E-state index is 13.3. The number of amides is 4. The second kappa shape index (κ2) is 22.8. The molecule has 0 bridgehead atoms. The molecule has 0 aliphatic carbocycles. The van der Waals surface area contributed by atoms with Gasteiger partial charge < -0.3 is 26.0 Å². The minimum atomic E-state index is -4.01. The number of morpholine rings is 1. The van der Waals surface area contributed by atoms with Gasteiger partial charge in [0.2, 0.25) is 20.0 Å². The van der Waals surface area contributed by atoms with Gasteiger partial charge in [-0.15, -0.1) is 0 Å². The number of sulfonamides is 2. The van der Waals surface area contributed by atoms with E-state index in [0.29, 0.717) is 55.3 Å². The Bertz CT molecular complexity index is 2860. The second-order valence-electron chi connectivity index (χ2n) is 17.2. The number of benzene rings is 5. The van der Waals surface area contributed by atoms with E-state index in [1.54, 1.807) is 52.8 Å². The van der Waals surface area contributed by atoms with Crippen LogP contribution in [0.3, 0.4) is 0 Å². The van der Waals surface area contributed by atoms with Crippen molar-refractivity contribution in [3.05, 3.63) is 138 Å². The van der Waals surface area contributed by atoms with E-state index in [-0.39, 0.29) is 39.9 Å². The molecule has 0 radical (unpaired) electrons. The van der Waals surface area contributed by atoms with Crippen LogP contribution in [0.2, 0.25) is 0 Å². The minimum absolute atomic E-state index is 0.0174. The van der Waals surface area contributed by atoms with Crippen LogP contribution in [-0.2, 0) is 39.1 Å². The molecule has 368 valence electrons. The highest BCUT2D eigenvalue weighted by Crippen LogP contribution is 2.30. The summed E-state index contributed by atoms with van der Waals surface area (Å²) < 4.78 is 91.8. The lowest BCUT2D eigenvalue weighted by atomic mass is 10.2. The van der Waals surface area contributed by atoms with Crippen LogP contribution in [0.15, 0.2) is 136 Å². The minimum Gasteiger partial charge on any atom is -0.379 e. The van der Waals surface area contributed by atoms with E-state index in [1.807, 2.05) is 57.2 Å². The largest absolute Gasteiger partial charge is 0.379 e. The molecule has 0 spiro atoms. The van der Waals surface area contributed by atoms with Gasteiger partial charge in [0.15, 0.2) is 0 Å². The molecule has 69 heavy (non-hydrogen) atoms. The smallest absolute Gasteiger partial charge is 0.323 e. The first-order valence-corrected chi connectivity index (χ1v) is 27.0. The van der Waals surface area contributed by atoms with E-state index < -0.39 is 42.2 Å². The lowest BCUT2D eigenvalue weighted by Gasteiger charge is -2.32. The average molecular weight is 1000 g/mol. The third kappa shape index (κ3) is 13.8. The number of hydrogen-bond donors (Lipinski definition) is 4. The fourth-order valence-corrected chi connectivity index (χ4v) is 12.5. The van der Waals surface area contributed by atoms with Crippen molar-refractivity contribution in [2.75, 3.05) is 73.8 Å². The van der Waals surface area contributed by atoms with Crippen LogP contribution < -0.4 is 21.3 Å². The number of nitrogens with zero attached hydrogens (tertiary/aromatic N) is 3. The van der Waals surface area contributed by atoms with E-state index in [1.165, 1.54) is 40.7 Å². The maximum Gasteiger partial charge on any atom is 0.323 e. The van der Waals surface area contributed by atoms with Crippen molar-refractivity contribution >= 4 is 65.0 Å². The van der Waals surface area contributed by atoms with Crippen LogP contribution in [0, 0.1) is 20.8 Å². The van der Waals surface area contributed by atoms with Crippen LogP contribution in [0.4, 0.5) is 32.3 Å². The van der Waals surface area contributed by atoms with Gasteiger partial charge in [0.1, 0.15) is 0 Å². The van der Waals surface area contributed by atoms with Gasteiger partial charge in [0.25, 0.3) is 10.1 Å². The average Bonchev–Trinajstić information content (AvgIpc) is 4.02. The fourth-order valence-electron chi connectivity index (χ4n) is 8.18. The summed E-state index contributed by atoms with van der Waals surface area (Å²) in [7, 11) is -11.5. The monoisotopic (exact) mass is 1000 g/mol. The number of aryl methyl sites for hydroxylation is 3. The summed E-state index contributed by atoms with van der Waals surface area (Å²) in [6.45, 7) is 10.1. The Labute approximate surface area is 405 Å². The zero-order valence-electron chi connectivity index (χ0n) is 38.8. The van der Waals surface area contributed by atoms with Crippen molar-refractivity contribution in [1.29, 1.82) is 0 Å². The van der Waals surface area contributed by atoms with E-state index in [9.17, 15) is 34.8 Å². The number of anilines is 4. The van der Waals surface area contributed by atoms with Crippen molar-refractivity contribution in [1.82, 2.24) is 13.5 Å². The van der Waals surface area contributed by atoms with Crippen molar-refractivity contribution in [2.24, 2.45) is 0 Å². The maximum atomic E-state index is 13.3. The molecule has 2 atom stereocenters. The molecule has 4 N–H and O–H groups in total. The number of rotatable bonds is 14. The molecule has 3 fully saturated rings. The number of carbonyl (C=O) groups excluding carboxylic acids is 2. The van der Waals surface area contributed by atoms with Gasteiger partial charge in [0, 0.05) is 61.5 Å². The summed E-state index contributed by atoms with van der Waals surface area (Å²) in [6.07, 6.45) is 2.82. The molecule has 3 heterocycles. The zero-order chi connectivity index (χ0) is 49.2. The predicted molar refractivity (Wildman–Crippen MR) is 266 cm³/mol. The first kappa shape index (κ1) is 51.1. The summed E-state index contributed by atoms with van der Waals surface area (Å²) in [5.74, 6) is 0. The van der Waals surface area contributed by atoms with Crippen LogP contribution >= 0.6 is 0 Å². The Balaban J connectivity index is 0.000000206. The molecule has 5 aromatic rings. The molecule has 3 aliphatic heterocycles. The van der Waals surface area contributed by atoms with Gasteiger partial charge in [-0.05, 0) is 131 Å². The molecule has 0 aromatic heterocycles. The van der Waals surface area contributed by atoms with Crippen LogP contribution in [0.25, 0.3) is 0 Å². The van der Waals surface area contributed by atoms with Gasteiger partial charge >= 0.3 is 12.1 Å². The fraction of sp³-hybridized carbons (Fsp3) is 0.347. The highest BCUT2D eigenvalue weighted by Gasteiger charge is 2.38. The van der Waals surface area contributed by atoms with E-state index in [0.717, 1.165) is 49.2 Å². The number of urea groups is 2. The predicted octanol–water partition coefficient (Wildman–Crippen LogP) is 7.63. The highest BCUT2D eigenvalue weighted by molar-refractivity contribution is 7.89. The molecule has 20 heteroatoms. The lowest BCUT2D eigenvalue weighted by molar-refractivity contribution is 0.0312. The van der Waals surface area contributed by atoms with Crippen molar-refractivity contribution in [2.45, 2.75) is 73.2 Å². The Kier molecular flexibility index (Phi) is 16.9. The molecule has 17 nitrogen and oxygen atoms in total. The molecular weight excluding hydrogens is 943 g/mol. The topological polar surface area (TPSA) is 213 Å². The second-order valence-corrected chi connectivity index (χ2v) is 22.6. The van der Waals surface area contributed by atoms with Crippen molar-refractivity contribution < 1.29 is 43.8 Å². The SMILES string of the molecule is Cc1ccc(NC(=O)Nc2ccc(S(=O)(=O)N3CCC[C@H]3CN3CCOCC3)cc2)cc1.Cc1ccc(NC(=O)Nc2ccc(S(=O)(=O)N3CCC[C@H]3COS(=O)(=O)c3ccc(C)cc3)cc2)cc1. The Morgan fingerprint density at radius 1 is 0.507 bits per heavy atom. The Morgan fingerprint density at radius 2 is 0.855 bits per heavy atom. The lowest BCUT2D eigenvalue weighted by Crippen LogP contribution is -2.46. The number of hydrogen-bond acceptors (Lipinski definition) is 11. The summed E-state index contributed by atoms with van der Waals surface area (Å²) in [6, 6.07) is 31.8. The highest BCUT2D eigenvalue weighted by atomic mass is 32.2. The third-order valence-corrected chi connectivity index (χ3v) is 17.2. The van der Waals surface area contributed by atoms with E-state index in [2.05, 4.69) is 26.2 Å². The van der Waals surface area contributed by atoms with Crippen LogP contribution in [0.1, 0.15) is 42.4 Å². The van der Waals surface area contributed by atoms with Crippen LogP contribution in [-0.4, -0.2) is 115 Å². The van der Waals surface area contributed by atoms with Crippen LogP contribution in [0.5, 0.6) is 0 Å². The van der Waals surface area contributed by atoms with Crippen molar-refractivity contribution in [3.8, 4) is 0 Å². The first-order chi connectivity index (χ1) is 33.0. The molecule has 0 unspecified atom stereocenters. The molecule has 5 aromatic carbocycles. The van der Waals surface area contributed by atoms with Gasteiger partial charge in [0.05, 0.1) is 40.5 Å². The molecule has 8 rings (SSSR count). The number of carbonyl (C=O) groups is 2. The van der Waals surface area contributed by atoms with Gasteiger partial charge in [-0.2, -0.15) is 17.0 Å². The molecular formula is C49H59N7O10S3. The quantitative estimate of drug-likeness (QED) is 0.0794. The normalized spacial score (nSPS) is 18.2. The summed E-state index contributed by atoms with van der Waals surface area (Å²) >= 11 is 0. The third-order valence-electron chi connectivity index (χ3n) is 12.0. The standard InChI is InChI=1S/C26H29N3O6S2.C23H30N4O4S/c1-19-5-9-21(10-6-19)27-26(30)28-22-11-15-24(16-12-22)36(31,32)29-17-3-4-23(29)18-35-37(33,34)25-13-7-20(2)8-14-25;1-18-4-6-19(7-5-18)24-23(28)25-20-8-10-22(11-9-20)32(29,30)27-12-2-3-21(27)17-26-13-15-31-16-14-26/h5-16,23H,3-4,17-18H2,1-2H3,(H2,27,28,30);4-11,21H,2-3,12-17H2,1H3,(H2,24,25,28)/t23-;21-/m00/s1.